The van der Waals surface area contributed by atoms with Crippen molar-refractivity contribution >= 4 is 16.3 Å². The summed E-state index contributed by atoms with van der Waals surface area (Å²) in [6.45, 7) is 9.79. The summed E-state index contributed by atoms with van der Waals surface area (Å²) in [6, 6.07) is 1.54. The van der Waals surface area contributed by atoms with E-state index < -0.39 is 0 Å². The van der Waals surface area contributed by atoms with Crippen LogP contribution in [0.4, 0.5) is 0 Å². The predicted octanol–water partition coefficient (Wildman–Crippen LogP) is 0.520. The average Bonchev–Trinajstić information content (AvgIpc) is 2.70. The maximum absolute atomic E-state index is 11.9. The van der Waals surface area contributed by atoms with Crippen molar-refractivity contribution in [2.75, 3.05) is 13.1 Å². The van der Waals surface area contributed by atoms with Crippen LogP contribution in [0.2, 0.25) is 0 Å². The minimum absolute atomic E-state index is 0.0784. The molecular formula is C14H21N4OS+. The van der Waals surface area contributed by atoms with Gasteiger partial charge in [-0.25, -0.2) is 4.98 Å². The van der Waals surface area contributed by atoms with Crippen molar-refractivity contribution in [3.05, 3.63) is 27.1 Å². The van der Waals surface area contributed by atoms with E-state index in [-0.39, 0.29) is 5.56 Å². The van der Waals surface area contributed by atoms with Gasteiger partial charge in [-0.2, -0.15) is 9.61 Å². The molecular weight excluding hydrogens is 272 g/mol. The van der Waals surface area contributed by atoms with E-state index in [1.54, 1.807) is 16.2 Å². The van der Waals surface area contributed by atoms with E-state index in [0.29, 0.717) is 4.96 Å². The number of piperidine rings is 1. The van der Waals surface area contributed by atoms with Gasteiger partial charge in [-0.3, -0.25) is 4.79 Å². The third-order valence-electron chi connectivity index (χ3n) is 3.90. The van der Waals surface area contributed by atoms with Gasteiger partial charge < -0.3 is 4.90 Å². The van der Waals surface area contributed by atoms with Gasteiger partial charge in [-0.15, -0.1) is 0 Å². The summed E-state index contributed by atoms with van der Waals surface area (Å²) in [4.78, 5) is 18.5. The van der Waals surface area contributed by atoms with Crippen molar-refractivity contribution < 1.29 is 4.90 Å². The molecule has 2 aromatic rings. The minimum Gasteiger partial charge on any atom is -0.329 e. The first kappa shape index (κ1) is 13.7. The van der Waals surface area contributed by atoms with Crippen molar-refractivity contribution in [3.8, 4) is 0 Å². The fourth-order valence-electron chi connectivity index (χ4n) is 3.31. The van der Waals surface area contributed by atoms with Gasteiger partial charge in [0, 0.05) is 23.6 Å². The molecule has 0 amide bonds. The van der Waals surface area contributed by atoms with E-state index in [0.717, 1.165) is 29.1 Å². The lowest BCUT2D eigenvalue weighted by Gasteiger charge is -2.31. The van der Waals surface area contributed by atoms with Crippen molar-refractivity contribution in [2.45, 2.75) is 33.7 Å². The number of aryl methyl sites for hydroxylation is 1. The number of hydrogen-bond acceptors (Lipinski definition) is 4. The Balaban J connectivity index is 1.84. The van der Waals surface area contributed by atoms with Gasteiger partial charge in [0.05, 0.1) is 13.1 Å². The van der Waals surface area contributed by atoms with Crippen LogP contribution in [-0.4, -0.2) is 27.7 Å². The highest BCUT2D eigenvalue weighted by molar-refractivity contribution is 7.16. The molecule has 5 nitrogen and oxygen atoms in total. The van der Waals surface area contributed by atoms with Gasteiger partial charge in [-0.05, 0) is 13.3 Å². The minimum atomic E-state index is -0.0784. The lowest BCUT2D eigenvalue weighted by Crippen LogP contribution is -3.13. The first-order chi connectivity index (χ1) is 9.51. The van der Waals surface area contributed by atoms with Crippen LogP contribution in [0.5, 0.6) is 0 Å². The summed E-state index contributed by atoms with van der Waals surface area (Å²) in [5.74, 6) is 1.54. The van der Waals surface area contributed by atoms with Crippen molar-refractivity contribution in [3.63, 3.8) is 0 Å². The molecule has 0 unspecified atom stereocenters. The molecule has 2 atom stereocenters. The Kier molecular flexibility index (Phi) is 3.60. The second kappa shape index (κ2) is 5.26. The molecule has 108 valence electrons. The molecule has 1 aliphatic rings. The zero-order valence-corrected chi connectivity index (χ0v) is 13.0. The third-order valence-corrected chi connectivity index (χ3v) is 4.80. The molecule has 0 aromatic carbocycles. The smallest absolute Gasteiger partial charge is 0.275 e. The zero-order valence-electron chi connectivity index (χ0n) is 12.2. The molecule has 6 heteroatoms. The number of quaternary nitrogens is 1. The Morgan fingerprint density at radius 3 is 2.80 bits per heavy atom. The predicted molar refractivity (Wildman–Crippen MR) is 79.2 cm³/mol. The summed E-state index contributed by atoms with van der Waals surface area (Å²) in [6.07, 6.45) is 1.32. The van der Waals surface area contributed by atoms with Gasteiger partial charge in [0.25, 0.3) is 5.56 Å². The molecule has 0 saturated carbocycles. The number of fused-ring (bicyclic) bond motifs is 1. The first-order valence-corrected chi connectivity index (χ1v) is 8.03. The SMILES string of the molecule is Cc1cc(=O)n2nc(C[NH+]3C[C@H](C)C[C@@H](C)C3)sc2n1. The van der Waals surface area contributed by atoms with Crippen LogP contribution in [0.1, 0.15) is 31.0 Å². The zero-order chi connectivity index (χ0) is 14.3. The highest BCUT2D eigenvalue weighted by Gasteiger charge is 2.26. The van der Waals surface area contributed by atoms with Crippen LogP contribution >= 0.6 is 11.3 Å². The number of nitrogens with zero attached hydrogens (tertiary/aromatic N) is 3. The van der Waals surface area contributed by atoms with Gasteiger partial charge in [-0.1, -0.05) is 25.2 Å². The summed E-state index contributed by atoms with van der Waals surface area (Å²) in [5.41, 5.74) is 0.683. The summed E-state index contributed by atoms with van der Waals surface area (Å²) in [7, 11) is 0. The Morgan fingerprint density at radius 2 is 2.10 bits per heavy atom. The summed E-state index contributed by atoms with van der Waals surface area (Å²) >= 11 is 1.54. The molecule has 1 saturated heterocycles. The molecule has 0 aliphatic carbocycles. The van der Waals surface area contributed by atoms with Crippen LogP contribution in [0.15, 0.2) is 10.9 Å². The second-order valence-electron chi connectivity index (χ2n) is 6.21. The molecule has 0 radical (unpaired) electrons. The number of nitrogens with one attached hydrogen (secondary N) is 1. The molecule has 20 heavy (non-hydrogen) atoms. The molecule has 1 N–H and O–H groups in total. The monoisotopic (exact) mass is 293 g/mol. The number of rotatable bonds is 2. The molecule has 3 rings (SSSR count). The van der Waals surface area contributed by atoms with Gasteiger partial charge >= 0.3 is 0 Å². The van der Waals surface area contributed by atoms with Crippen molar-refractivity contribution in [2.24, 2.45) is 11.8 Å². The summed E-state index contributed by atoms with van der Waals surface area (Å²) < 4.78 is 1.43. The van der Waals surface area contributed by atoms with Crippen LogP contribution in [0.3, 0.4) is 0 Å². The lowest BCUT2D eigenvalue weighted by atomic mass is 9.92. The van der Waals surface area contributed by atoms with E-state index in [9.17, 15) is 4.79 Å². The van der Waals surface area contributed by atoms with E-state index in [1.807, 2.05) is 6.92 Å². The maximum atomic E-state index is 11.9. The third kappa shape index (κ3) is 2.76. The Labute approximate surface area is 122 Å². The fourth-order valence-corrected chi connectivity index (χ4v) is 4.33. The van der Waals surface area contributed by atoms with Crippen LogP contribution in [0.25, 0.3) is 4.96 Å². The normalized spacial score (nSPS) is 27.1. The summed E-state index contributed by atoms with van der Waals surface area (Å²) in [5, 5.41) is 5.45. The van der Waals surface area contributed by atoms with Crippen LogP contribution < -0.4 is 10.5 Å². The van der Waals surface area contributed by atoms with Gasteiger partial charge in [0.15, 0.2) is 5.01 Å². The van der Waals surface area contributed by atoms with Gasteiger partial charge in [0.2, 0.25) is 4.96 Å². The Hall–Kier alpha value is -1.27. The number of aromatic nitrogens is 3. The van der Waals surface area contributed by atoms with E-state index in [2.05, 4.69) is 23.9 Å². The molecule has 0 bridgehead atoms. The number of likely N-dealkylation sites (tertiary alicyclic amines) is 1. The van der Waals surface area contributed by atoms with Crippen LogP contribution in [-0.2, 0) is 6.54 Å². The fraction of sp³-hybridized carbons (Fsp3) is 0.643. The standard InChI is InChI=1S/C14H20N4OS/c1-9-4-10(2)7-17(6-9)8-12-16-18-13(19)5-11(3)15-14(18)20-12/h5,9-10H,4,6-8H2,1-3H3/p+1/t9-,10-/m1/s1. The molecule has 0 spiro atoms. The molecule has 1 aliphatic heterocycles. The van der Waals surface area contributed by atoms with Crippen molar-refractivity contribution in [1.29, 1.82) is 0 Å². The topological polar surface area (TPSA) is 51.7 Å². The largest absolute Gasteiger partial charge is 0.329 e. The van der Waals surface area contributed by atoms with Crippen LogP contribution in [0, 0.1) is 18.8 Å². The molecule has 3 heterocycles. The van der Waals surface area contributed by atoms with Gasteiger partial charge in [0.1, 0.15) is 6.54 Å². The maximum Gasteiger partial charge on any atom is 0.275 e. The average molecular weight is 293 g/mol. The van der Waals surface area contributed by atoms with Crippen molar-refractivity contribution in [1.82, 2.24) is 14.6 Å². The number of hydrogen-bond donors (Lipinski definition) is 1. The highest BCUT2D eigenvalue weighted by Crippen LogP contribution is 2.14. The lowest BCUT2D eigenvalue weighted by molar-refractivity contribution is -0.925. The van der Waals surface area contributed by atoms with E-state index in [4.69, 9.17) is 0 Å². The first-order valence-electron chi connectivity index (χ1n) is 7.21. The van der Waals surface area contributed by atoms with E-state index >= 15 is 0 Å². The highest BCUT2D eigenvalue weighted by atomic mass is 32.1. The van der Waals surface area contributed by atoms with E-state index in [1.165, 1.54) is 30.1 Å². The molecule has 1 fully saturated rings. The Bertz CT molecular complexity index is 667. The second-order valence-corrected chi connectivity index (χ2v) is 7.25. The molecule has 2 aromatic heterocycles. The quantitative estimate of drug-likeness (QED) is 0.878. The Morgan fingerprint density at radius 1 is 1.40 bits per heavy atom.